The predicted molar refractivity (Wildman–Crippen MR) is 110 cm³/mol. The van der Waals surface area contributed by atoms with Crippen LogP contribution in [0.4, 0.5) is 5.69 Å². The van der Waals surface area contributed by atoms with E-state index in [1.807, 2.05) is 12.1 Å². The maximum absolute atomic E-state index is 12.8. The highest BCUT2D eigenvalue weighted by atomic mass is 32.2. The number of carbonyl (C=O) groups excluding carboxylic acids is 1. The van der Waals surface area contributed by atoms with E-state index in [0.717, 1.165) is 0 Å². The van der Waals surface area contributed by atoms with Gasteiger partial charge in [0.15, 0.2) is 0 Å². The van der Waals surface area contributed by atoms with E-state index in [1.54, 1.807) is 18.2 Å². The number of carbonyl (C=O) groups is 1. The Morgan fingerprint density at radius 2 is 1.87 bits per heavy atom. The summed E-state index contributed by atoms with van der Waals surface area (Å²) in [6.45, 7) is 0.510. The molecule has 1 N–H and O–H groups in total. The van der Waals surface area contributed by atoms with Crippen molar-refractivity contribution in [3.8, 4) is 11.8 Å². The number of nitriles is 1. The second-order valence-corrected chi connectivity index (χ2v) is 9.05. The molecule has 2 aromatic carbocycles. The number of hydrogen-bond donors (Lipinski definition) is 1. The van der Waals surface area contributed by atoms with Crippen LogP contribution in [-0.4, -0.2) is 51.9 Å². The fourth-order valence-corrected chi connectivity index (χ4v) is 4.93. The van der Waals surface area contributed by atoms with Crippen molar-refractivity contribution in [2.45, 2.75) is 17.7 Å². The van der Waals surface area contributed by atoms with E-state index in [4.69, 9.17) is 5.26 Å². The molecule has 1 aliphatic rings. The van der Waals surface area contributed by atoms with E-state index in [1.165, 1.54) is 39.6 Å². The first-order valence-electron chi connectivity index (χ1n) is 9.62. The third-order valence-electron chi connectivity index (χ3n) is 5.17. The Bertz CT molecular complexity index is 1210. The molecule has 0 atom stereocenters. The number of rotatable bonds is 5. The number of nitrogens with one attached hydrogen (secondary N) is 1. The van der Waals surface area contributed by atoms with Gasteiger partial charge >= 0.3 is 0 Å². The van der Waals surface area contributed by atoms with E-state index < -0.39 is 10.0 Å². The number of hydrogen-bond acceptors (Lipinski definition) is 7. The molecular weight excluding hydrogens is 418 g/mol. The second kappa shape index (κ2) is 8.63. The molecule has 4 rings (SSSR count). The lowest BCUT2D eigenvalue weighted by molar-refractivity contribution is -0.120. The number of anilines is 1. The number of nitrogens with zero attached hydrogens (tertiary/aromatic N) is 6. The molecule has 1 aromatic heterocycles. The summed E-state index contributed by atoms with van der Waals surface area (Å²) in [5.74, 6) is -0.437. The zero-order chi connectivity index (χ0) is 21.8. The van der Waals surface area contributed by atoms with Gasteiger partial charge in [-0.25, -0.2) is 13.1 Å². The fourth-order valence-electron chi connectivity index (χ4n) is 3.46. The standard InChI is InChI=1S/C20H19N7O3S/c21-13-15-4-6-19(7-5-15)31(29,30)26-10-8-16(9-11-26)20(28)23-17-2-1-3-18(12-17)27-14-22-24-25-27/h1-7,12,14,16H,8-11H2,(H,23,28). The van der Waals surface area contributed by atoms with Crippen LogP contribution in [0.25, 0.3) is 5.69 Å². The maximum Gasteiger partial charge on any atom is 0.243 e. The molecule has 0 bridgehead atoms. The molecule has 2 heterocycles. The van der Waals surface area contributed by atoms with Gasteiger partial charge in [-0.1, -0.05) is 6.07 Å². The lowest BCUT2D eigenvalue weighted by Crippen LogP contribution is -2.41. The van der Waals surface area contributed by atoms with Crippen LogP contribution in [0.2, 0.25) is 0 Å². The van der Waals surface area contributed by atoms with E-state index >= 15 is 0 Å². The Morgan fingerprint density at radius 3 is 2.52 bits per heavy atom. The molecule has 0 unspecified atom stereocenters. The van der Waals surface area contributed by atoms with Crippen molar-refractivity contribution in [2.24, 2.45) is 5.92 Å². The zero-order valence-electron chi connectivity index (χ0n) is 16.4. The fraction of sp³-hybridized carbons (Fsp3) is 0.250. The molecule has 158 valence electrons. The number of sulfonamides is 1. The summed E-state index contributed by atoms with van der Waals surface area (Å²) in [4.78, 5) is 12.9. The molecule has 1 amide bonds. The van der Waals surface area contributed by atoms with E-state index in [-0.39, 0.29) is 29.8 Å². The first-order chi connectivity index (χ1) is 15.0. The van der Waals surface area contributed by atoms with Crippen molar-refractivity contribution in [3.63, 3.8) is 0 Å². The molecule has 1 fully saturated rings. The number of piperidine rings is 1. The molecule has 0 radical (unpaired) electrons. The Labute approximate surface area is 179 Å². The van der Waals surface area contributed by atoms with Gasteiger partial charge in [0.1, 0.15) is 6.33 Å². The molecular formula is C20H19N7O3S. The molecule has 10 nitrogen and oxygen atoms in total. The van der Waals surface area contributed by atoms with Crippen molar-refractivity contribution >= 4 is 21.6 Å². The van der Waals surface area contributed by atoms with Gasteiger partial charge in [0.05, 0.1) is 22.2 Å². The van der Waals surface area contributed by atoms with Crippen molar-refractivity contribution in [1.29, 1.82) is 5.26 Å². The number of benzene rings is 2. The van der Waals surface area contributed by atoms with Gasteiger partial charge in [-0.05, 0) is 65.7 Å². The van der Waals surface area contributed by atoms with Gasteiger partial charge in [0, 0.05) is 24.7 Å². The van der Waals surface area contributed by atoms with Crippen LogP contribution in [0.3, 0.4) is 0 Å². The Balaban J connectivity index is 1.38. The van der Waals surface area contributed by atoms with Gasteiger partial charge in [-0.2, -0.15) is 9.57 Å². The van der Waals surface area contributed by atoms with Crippen LogP contribution in [0.1, 0.15) is 18.4 Å². The number of aromatic nitrogens is 4. The van der Waals surface area contributed by atoms with Crippen LogP contribution in [-0.2, 0) is 14.8 Å². The maximum atomic E-state index is 12.8. The smallest absolute Gasteiger partial charge is 0.243 e. The zero-order valence-corrected chi connectivity index (χ0v) is 17.2. The molecule has 1 saturated heterocycles. The lowest BCUT2D eigenvalue weighted by atomic mass is 9.97. The number of amides is 1. The molecule has 0 spiro atoms. The molecule has 0 aliphatic carbocycles. The van der Waals surface area contributed by atoms with Crippen molar-refractivity contribution in [1.82, 2.24) is 24.5 Å². The van der Waals surface area contributed by atoms with Gasteiger partial charge in [0.2, 0.25) is 15.9 Å². The minimum atomic E-state index is -3.66. The monoisotopic (exact) mass is 437 g/mol. The summed E-state index contributed by atoms with van der Waals surface area (Å²) in [7, 11) is -3.66. The summed E-state index contributed by atoms with van der Waals surface area (Å²) in [6, 6.07) is 15.0. The van der Waals surface area contributed by atoms with Crippen LogP contribution < -0.4 is 5.32 Å². The summed E-state index contributed by atoms with van der Waals surface area (Å²) in [6.07, 6.45) is 2.31. The van der Waals surface area contributed by atoms with E-state index in [9.17, 15) is 13.2 Å². The van der Waals surface area contributed by atoms with Gasteiger partial charge in [-0.15, -0.1) is 5.10 Å². The first-order valence-corrected chi connectivity index (χ1v) is 11.1. The van der Waals surface area contributed by atoms with Gasteiger partial charge in [0.25, 0.3) is 0 Å². The van der Waals surface area contributed by atoms with Crippen molar-refractivity contribution < 1.29 is 13.2 Å². The molecule has 31 heavy (non-hydrogen) atoms. The molecule has 11 heteroatoms. The van der Waals surface area contributed by atoms with Crippen molar-refractivity contribution in [2.75, 3.05) is 18.4 Å². The van der Waals surface area contributed by atoms with E-state index in [2.05, 4.69) is 20.8 Å². The molecule has 1 aliphatic heterocycles. The topological polar surface area (TPSA) is 134 Å². The SMILES string of the molecule is N#Cc1ccc(S(=O)(=O)N2CCC(C(=O)Nc3cccc(-n4cnnn4)c3)CC2)cc1. The Morgan fingerprint density at radius 1 is 1.13 bits per heavy atom. The summed E-state index contributed by atoms with van der Waals surface area (Å²) in [5, 5.41) is 22.8. The highest BCUT2D eigenvalue weighted by Gasteiger charge is 2.32. The summed E-state index contributed by atoms with van der Waals surface area (Å²) in [5.41, 5.74) is 1.73. The van der Waals surface area contributed by atoms with Crippen molar-refractivity contribution in [3.05, 3.63) is 60.4 Å². The minimum absolute atomic E-state index is 0.147. The normalized spacial score (nSPS) is 15.3. The number of tetrazole rings is 1. The third kappa shape index (κ3) is 4.45. The Kier molecular flexibility index (Phi) is 5.75. The quantitative estimate of drug-likeness (QED) is 0.640. The highest BCUT2D eigenvalue weighted by Crippen LogP contribution is 2.25. The predicted octanol–water partition coefficient (Wildman–Crippen LogP) is 1.57. The van der Waals surface area contributed by atoms with Crippen LogP contribution >= 0.6 is 0 Å². The van der Waals surface area contributed by atoms with Gasteiger partial charge in [-0.3, -0.25) is 4.79 Å². The lowest BCUT2D eigenvalue weighted by Gasteiger charge is -2.30. The summed E-state index contributed by atoms with van der Waals surface area (Å²) >= 11 is 0. The average Bonchev–Trinajstić information content (AvgIpc) is 3.34. The van der Waals surface area contributed by atoms with Crippen LogP contribution in [0.5, 0.6) is 0 Å². The minimum Gasteiger partial charge on any atom is -0.326 e. The average molecular weight is 437 g/mol. The van der Waals surface area contributed by atoms with E-state index in [0.29, 0.717) is 29.8 Å². The van der Waals surface area contributed by atoms with Crippen LogP contribution in [0.15, 0.2) is 59.8 Å². The highest BCUT2D eigenvalue weighted by molar-refractivity contribution is 7.89. The first kappa shape index (κ1) is 20.6. The second-order valence-electron chi connectivity index (χ2n) is 7.11. The Hall–Kier alpha value is -3.62. The van der Waals surface area contributed by atoms with Gasteiger partial charge < -0.3 is 5.32 Å². The van der Waals surface area contributed by atoms with Crippen LogP contribution in [0, 0.1) is 17.2 Å². The molecule has 0 saturated carbocycles. The molecule has 3 aromatic rings. The largest absolute Gasteiger partial charge is 0.326 e. The third-order valence-corrected chi connectivity index (χ3v) is 7.09. The summed E-state index contributed by atoms with van der Waals surface area (Å²) < 4.78 is 28.5.